The molecule has 0 aromatic heterocycles. The van der Waals surface area contributed by atoms with Gasteiger partial charge in [-0.1, -0.05) is 31.5 Å². The van der Waals surface area contributed by atoms with Gasteiger partial charge in [0, 0.05) is 19.1 Å². The number of alkyl halides is 3. The highest BCUT2D eigenvalue weighted by Crippen LogP contribution is 2.29. The van der Waals surface area contributed by atoms with E-state index in [1.54, 1.807) is 6.07 Å². The van der Waals surface area contributed by atoms with Gasteiger partial charge in [-0.15, -0.1) is 0 Å². The van der Waals surface area contributed by atoms with Gasteiger partial charge in [-0.05, 0) is 37.6 Å². The summed E-state index contributed by atoms with van der Waals surface area (Å²) >= 11 is 0. The second-order valence-electron chi connectivity index (χ2n) is 5.73. The molecule has 2 nitrogen and oxygen atoms in total. The third-order valence-corrected chi connectivity index (χ3v) is 3.86. The molecule has 0 spiro atoms. The molecule has 21 heavy (non-hydrogen) atoms. The van der Waals surface area contributed by atoms with Gasteiger partial charge in [0.2, 0.25) is 0 Å². The second kappa shape index (κ2) is 7.27. The van der Waals surface area contributed by atoms with Gasteiger partial charge in [0.15, 0.2) is 0 Å². The molecule has 1 N–H and O–H groups in total. The van der Waals surface area contributed by atoms with E-state index >= 15 is 0 Å². The normalized spacial score (nSPS) is 21.2. The molecule has 1 aromatic rings. The van der Waals surface area contributed by atoms with Crippen molar-refractivity contribution in [2.75, 3.05) is 19.6 Å². The molecule has 1 fully saturated rings. The molecule has 0 amide bonds. The van der Waals surface area contributed by atoms with Crippen molar-refractivity contribution in [3.05, 3.63) is 35.4 Å². The third-order valence-electron chi connectivity index (χ3n) is 3.86. The predicted octanol–water partition coefficient (Wildman–Crippen LogP) is 3.67. The van der Waals surface area contributed by atoms with Crippen LogP contribution in [0.25, 0.3) is 0 Å². The molecule has 0 radical (unpaired) electrons. The smallest absolute Gasteiger partial charge is 0.313 e. The fourth-order valence-corrected chi connectivity index (χ4v) is 2.87. The van der Waals surface area contributed by atoms with Crippen molar-refractivity contribution in [3.8, 4) is 0 Å². The summed E-state index contributed by atoms with van der Waals surface area (Å²) in [5.41, 5.74) is 0.181. The number of nitrogens with zero attached hydrogens (tertiary/aromatic N) is 1. The summed E-state index contributed by atoms with van der Waals surface area (Å²) in [4.78, 5) is 2.26. The lowest BCUT2D eigenvalue weighted by Gasteiger charge is -2.24. The minimum atomic E-state index is -4.26. The molecule has 1 aliphatic rings. The Morgan fingerprint density at radius 2 is 2.14 bits per heavy atom. The Morgan fingerprint density at radius 1 is 1.33 bits per heavy atom. The lowest BCUT2D eigenvalue weighted by atomic mass is 10.1. The lowest BCUT2D eigenvalue weighted by molar-refractivity contribution is -0.137. The van der Waals surface area contributed by atoms with Crippen LogP contribution in [0.3, 0.4) is 0 Å². The van der Waals surface area contributed by atoms with Crippen molar-refractivity contribution in [2.45, 2.75) is 44.9 Å². The van der Waals surface area contributed by atoms with Crippen LogP contribution in [0.5, 0.6) is 0 Å². The molecular weight excluding hydrogens is 277 g/mol. The maximum Gasteiger partial charge on any atom is 0.416 e. The van der Waals surface area contributed by atoms with Crippen LogP contribution in [-0.4, -0.2) is 30.6 Å². The lowest BCUT2D eigenvalue weighted by Crippen LogP contribution is -2.37. The van der Waals surface area contributed by atoms with Gasteiger partial charge in [0.05, 0.1) is 5.56 Å². The summed E-state index contributed by atoms with van der Waals surface area (Å²) in [5.74, 6) is 0. The van der Waals surface area contributed by atoms with E-state index in [2.05, 4.69) is 17.1 Å². The highest BCUT2D eigenvalue weighted by atomic mass is 19.4. The number of rotatable bonds is 4. The molecule has 5 heteroatoms. The highest BCUT2D eigenvalue weighted by molar-refractivity contribution is 5.25. The van der Waals surface area contributed by atoms with E-state index in [4.69, 9.17) is 0 Å². The summed E-state index contributed by atoms with van der Waals surface area (Å²) in [6, 6.07) is 6.13. The Kier molecular flexibility index (Phi) is 5.65. The van der Waals surface area contributed by atoms with Crippen LogP contribution < -0.4 is 5.32 Å². The molecule has 0 saturated carbocycles. The van der Waals surface area contributed by atoms with E-state index in [0.29, 0.717) is 12.6 Å². The molecule has 0 aliphatic carbocycles. The maximum atomic E-state index is 12.8. The van der Waals surface area contributed by atoms with Gasteiger partial charge in [0.25, 0.3) is 0 Å². The standard InChI is InChI=1S/C16H23F3N2/c1-2-5-15-12-21(9-4-8-20-15)11-13-6-3-7-14(10-13)16(17,18)19/h3,6-7,10,15,20H,2,4-5,8-9,11-12H2,1H3. The van der Waals surface area contributed by atoms with Crippen LogP contribution in [0.2, 0.25) is 0 Å². The summed E-state index contributed by atoms with van der Waals surface area (Å²) < 4.78 is 38.3. The third kappa shape index (κ3) is 5.00. The molecule has 118 valence electrons. The van der Waals surface area contributed by atoms with E-state index in [0.717, 1.165) is 50.5 Å². The van der Waals surface area contributed by atoms with E-state index < -0.39 is 11.7 Å². The first-order chi connectivity index (χ1) is 9.99. The highest BCUT2D eigenvalue weighted by Gasteiger charge is 2.30. The van der Waals surface area contributed by atoms with Gasteiger partial charge in [-0.2, -0.15) is 13.2 Å². The monoisotopic (exact) mass is 300 g/mol. The van der Waals surface area contributed by atoms with Crippen LogP contribution in [0.15, 0.2) is 24.3 Å². The molecule has 1 aromatic carbocycles. The Labute approximate surface area is 124 Å². The Morgan fingerprint density at radius 3 is 2.86 bits per heavy atom. The van der Waals surface area contributed by atoms with E-state index in [9.17, 15) is 13.2 Å². The molecule has 1 heterocycles. The SMILES string of the molecule is CCCC1CN(Cc2cccc(C(F)(F)F)c2)CCCN1. The van der Waals surface area contributed by atoms with Gasteiger partial charge >= 0.3 is 6.18 Å². The zero-order valence-corrected chi connectivity index (χ0v) is 12.4. The summed E-state index contributed by atoms with van der Waals surface area (Å²) in [5, 5.41) is 3.51. The van der Waals surface area contributed by atoms with Crippen LogP contribution >= 0.6 is 0 Å². The second-order valence-corrected chi connectivity index (χ2v) is 5.73. The zero-order chi connectivity index (χ0) is 15.3. The Hall–Kier alpha value is -1.07. The quantitative estimate of drug-likeness (QED) is 0.912. The minimum absolute atomic E-state index is 0.447. The van der Waals surface area contributed by atoms with Gasteiger partial charge in [-0.25, -0.2) is 0 Å². The van der Waals surface area contributed by atoms with Crippen molar-refractivity contribution >= 4 is 0 Å². The zero-order valence-electron chi connectivity index (χ0n) is 12.4. The summed E-state index contributed by atoms with van der Waals surface area (Å²) in [6.07, 6.45) is -0.992. The molecule has 1 aliphatic heterocycles. The van der Waals surface area contributed by atoms with Gasteiger partial charge < -0.3 is 5.32 Å². The number of hydrogen-bond acceptors (Lipinski definition) is 2. The largest absolute Gasteiger partial charge is 0.416 e. The first-order valence-electron chi connectivity index (χ1n) is 7.61. The minimum Gasteiger partial charge on any atom is -0.313 e. The van der Waals surface area contributed by atoms with Crippen LogP contribution in [0, 0.1) is 0 Å². The number of nitrogens with one attached hydrogen (secondary N) is 1. The van der Waals surface area contributed by atoms with Crippen molar-refractivity contribution in [2.24, 2.45) is 0 Å². The molecule has 1 unspecified atom stereocenters. The van der Waals surface area contributed by atoms with Gasteiger partial charge in [-0.3, -0.25) is 4.90 Å². The van der Waals surface area contributed by atoms with Crippen LogP contribution in [0.1, 0.15) is 37.3 Å². The number of benzene rings is 1. The molecular formula is C16H23F3N2. The van der Waals surface area contributed by atoms with E-state index in [-0.39, 0.29) is 0 Å². The van der Waals surface area contributed by atoms with Gasteiger partial charge in [0.1, 0.15) is 0 Å². The fraction of sp³-hybridized carbons (Fsp3) is 0.625. The fourth-order valence-electron chi connectivity index (χ4n) is 2.87. The van der Waals surface area contributed by atoms with Crippen molar-refractivity contribution < 1.29 is 13.2 Å². The average Bonchev–Trinajstić information content (AvgIpc) is 2.64. The van der Waals surface area contributed by atoms with Crippen molar-refractivity contribution in [3.63, 3.8) is 0 Å². The molecule has 0 bridgehead atoms. The summed E-state index contributed by atoms with van der Waals surface area (Å²) in [7, 11) is 0. The molecule has 2 rings (SSSR count). The van der Waals surface area contributed by atoms with Crippen molar-refractivity contribution in [1.29, 1.82) is 0 Å². The molecule has 1 saturated heterocycles. The Bertz CT molecular complexity index is 445. The topological polar surface area (TPSA) is 15.3 Å². The van der Waals surface area contributed by atoms with Crippen molar-refractivity contribution in [1.82, 2.24) is 10.2 Å². The predicted molar refractivity (Wildman–Crippen MR) is 78.0 cm³/mol. The first kappa shape index (κ1) is 16.3. The van der Waals surface area contributed by atoms with E-state index in [1.165, 1.54) is 12.1 Å². The first-order valence-corrected chi connectivity index (χ1v) is 7.61. The summed E-state index contributed by atoms with van der Waals surface area (Å²) in [6.45, 7) is 5.58. The maximum absolute atomic E-state index is 12.8. The van der Waals surface area contributed by atoms with E-state index in [1.807, 2.05) is 0 Å². The number of halogens is 3. The molecule has 1 atom stereocenters. The average molecular weight is 300 g/mol. The van der Waals surface area contributed by atoms with Crippen LogP contribution in [0.4, 0.5) is 13.2 Å². The Balaban J connectivity index is 2.02. The van der Waals surface area contributed by atoms with Crippen LogP contribution in [-0.2, 0) is 12.7 Å². The number of hydrogen-bond donors (Lipinski definition) is 1.